The molecule has 0 fully saturated rings. The topological polar surface area (TPSA) is 66.5 Å². The number of hydrogen-bond acceptors (Lipinski definition) is 3. The second-order valence-electron chi connectivity index (χ2n) is 6.91. The van der Waals surface area contributed by atoms with E-state index in [2.05, 4.69) is 5.32 Å². The van der Waals surface area contributed by atoms with Gasteiger partial charge in [0.05, 0.1) is 22.7 Å². The fraction of sp³-hybridized carbons (Fsp3) is 0.136. The highest BCUT2D eigenvalue weighted by atomic mass is 35.5. The Morgan fingerprint density at radius 2 is 1.52 bits per heavy atom. The van der Waals surface area contributed by atoms with Gasteiger partial charge in [-0.05, 0) is 48.0 Å². The van der Waals surface area contributed by atoms with Gasteiger partial charge in [0.1, 0.15) is 0 Å². The summed E-state index contributed by atoms with van der Waals surface area (Å²) in [6, 6.07) is 16.2. The van der Waals surface area contributed by atoms with Gasteiger partial charge in [0.2, 0.25) is 15.9 Å². The van der Waals surface area contributed by atoms with Crippen molar-refractivity contribution in [2.45, 2.75) is 17.6 Å². The van der Waals surface area contributed by atoms with Crippen LogP contribution in [0, 0.1) is 0 Å². The standard InChI is InChI=1S/C22H17Cl2F3N2O3S/c23-16-9-11-17(12-10-16)33(31,32)29(13-15-5-1-3-7-19(15)24)14-21(30)28-20-8-4-2-6-18(20)22(25,26)27/h1-12H,13-14H2,(H,28,30). The summed E-state index contributed by atoms with van der Waals surface area (Å²) < 4.78 is 67.1. The zero-order valence-electron chi connectivity index (χ0n) is 16.8. The highest BCUT2D eigenvalue weighted by Crippen LogP contribution is 2.34. The van der Waals surface area contributed by atoms with E-state index in [0.29, 0.717) is 10.6 Å². The Morgan fingerprint density at radius 3 is 2.15 bits per heavy atom. The predicted molar refractivity (Wildman–Crippen MR) is 121 cm³/mol. The second kappa shape index (κ2) is 10.1. The number of anilines is 1. The van der Waals surface area contributed by atoms with Gasteiger partial charge in [0, 0.05) is 16.6 Å². The highest BCUT2D eigenvalue weighted by molar-refractivity contribution is 7.89. The molecular formula is C22H17Cl2F3N2O3S. The Bertz CT molecular complexity index is 1250. The van der Waals surface area contributed by atoms with E-state index in [-0.39, 0.29) is 16.5 Å². The first-order valence-electron chi connectivity index (χ1n) is 9.43. The molecule has 3 aromatic rings. The molecule has 0 bridgehead atoms. The van der Waals surface area contributed by atoms with Gasteiger partial charge in [-0.1, -0.05) is 53.5 Å². The molecule has 11 heteroatoms. The molecule has 0 saturated carbocycles. The first kappa shape index (κ1) is 25.0. The van der Waals surface area contributed by atoms with Gasteiger partial charge in [-0.15, -0.1) is 0 Å². The van der Waals surface area contributed by atoms with Gasteiger partial charge >= 0.3 is 6.18 Å². The molecular weight excluding hydrogens is 500 g/mol. The highest BCUT2D eigenvalue weighted by Gasteiger charge is 2.34. The number of para-hydroxylation sites is 1. The first-order valence-corrected chi connectivity index (χ1v) is 11.6. The molecule has 5 nitrogen and oxygen atoms in total. The first-order chi connectivity index (χ1) is 15.5. The van der Waals surface area contributed by atoms with E-state index in [1.807, 2.05) is 0 Å². The van der Waals surface area contributed by atoms with Gasteiger partial charge < -0.3 is 5.32 Å². The minimum atomic E-state index is -4.70. The van der Waals surface area contributed by atoms with Crippen molar-refractivity contribution in [3.8, 4) is 0 Å². The van der Waals surface area contributed by atoms with E-state index in [1.54, 1.807) is 24.3 Å². The number of benzene rings is 3. The molecule has 1 amide bonds. The van der Waals surface area contributed by atoms with Crippen molar-refractivity contribution in [3.05, 3.63) is 94.0 Å². The molecule has 0 saturated heterocycles. The van der Waals surface area contributed by atoms with Crippen LogP contribution in [0.25, 0.3) is 0 Å². The third kappa shape index (κ3) is 6.26. The Labute approximate surface area is 198 Å². The minimum absolute atomic E-state index is 0.137. The third-order valence-electron chi connectivity index (χ3n) is 4.58. The maximum absolute atomic E-state index is 13.3. The summed E-state index contributed by atoms with van der Waals surface area (Å²) in [5.74, 6) is -0.948. The summed E-state index contributed by atoms with van der Waals surface area (Å²) in [6.45, 7) is -1.03. The number of nitrogens with zero attached hydrogens (tertiary/aromatic N) is 1. The molecule has 33 heavy (non-hydrogen) atoms. The number of carbonyl (C=O) groups is 1. The van der Waals surface area contributed by atoms with E-state index < -0.39 is 39.9 Å². The van der Waals surface area contributed by atoms with Gasteiger partial charge in [0.15, 0.2) is 0 Å². The van der Waals surface area contributed by atoms with Crippen LogP contribution < -0.4 is 5.32 Å². The van der Waals surface area contributed by atoms with Crippen LogP contribution in [0.3, 0.4) is 0 Å². The summed E-state index contributed by atoms with van der Waals surface area (Å²) in [7, 11) is -4.23. The molecule has 0 heterocycles. The number of rotatable bonds is 7. The smallest absolute Gasteiger partial charge is 0.324 e. The zero-order valence-corrected chi connectivity index (χ0v) is 19.1. The number of carbonyl (C=O) groups excluding carboxylic acids is 1. The molecule has 0 spiro atoms. The molecule has 3 rings (SSSR count). The number of sulfonamides is 1. The minimum Gasteiger partial charge on any atom is -0.324 e. The lowest BCUT2D eigenvalue weighted by Gasteiger charge is -2.23. The molecule has 1 N–H and O–H groups in total. The fourth-order valence-corrected chi connectivity index (χ4v) is 4.68. The van der Waals surface area contributed by atoms with Crippen molar-refractivity contribution >= 4 is 44.8 Å². The fourth-order valence-electron chi connectivity index (χ4n) is 2.99. The molecule has 3 aromatic carbocycles. The molecule has 0 radical (unpaired) electrons. The van der Waals surface area contributed by atoms with Crippen molar-refractivity contribution < 1.29 is 26.4 Å². The summed E-state index contributed by atoms with van der Waals surface area (Å²) in [4.78, 5) is 12.5. The van der Waals surface area contributed by atoms with Crippen LogP contribution in [0.2, 0.25) is 10.0 Å². The van der Waals surface area contributed by atoms with Crippen LogP contribution in [0.5, 0.6) is 0 Å². The zero-order chi connectivity index (χ0) is 24.2. The molecule has 0 aromatic heterocycles. The Kier molecular flexibility index (Phi) is 7.69. The second-order valence-corrected chi connectivity index (χ2v) is 9.69. The van der Waals surface area contributed by atoms with Crippen molar-refractivity contribution in [1.29, 1.82) is 0 Å². The van der Waals surface area contributed by atoms with Gasteiger partial charge in [-0.2, -0.15) is 17.5 Å². The number of hydrogen-bond donors (Lipinski definition) is 1. The van der Waals surface area contributed by atoms with E-state index in [0.717, 1.165) is 16.4 Å². The van der Waals surface area contributed by atoms with Crippen LogP contribution in [0.4, 0.5) is 18.9 Å². The Morgan fingerprint density at radius 1 is 0.909 bits per heavy atom. The maximum Gasteiger partial charge on any atom is 0.418 e. The number of alkyl halides is 3. The maximum atomic E-state index is 13.3. The lowest BCUT2D eigenvalue weighted by Crippen LogP contribution is -2.37. The normalized spacial score (nSPS) is 12.1. The van der Waals surface area contributed by atoms with E-state index in [1.165, 1.54) is 36.4 Å². The van der Waals surface area contributed by atoms with E-state index >= 15 is 0 Å². The summed E-state index contributed by atoms with van der Waals surface area (Å²) >= 11 is 12.0. The lowest BCUT2D eigenvalue weighted by molar-refractivity contribution is -0.137. The van der Waals surface area contributed by atoms with Gasteiger partial charge in [-0.3, -0.25) is 4.79 Å². The average molecular weight is 517 g/mol. The van der Waals surface area contributed by atoms with Crippen LogP contribution in [0.15, 0.2) is 77.7 Å². The molecule has 0 aliphatic rings. The van der Waals surface area contributed by atoms with Crippen molar-refractivity contribution in [1.82, 2.24) is 4.31 Å². The van der Waals surface area contributed by atoms with Crippen LogP contribution in [0.1, 0.15) is 11.1 Å². The van der Waals surface area contributed by atoms with Crippen LogP contribution >= 0.6 is 23.2 Å². The van der Waals surface area contributed by atoms with Crippen LogP contribution in [-0.4, -0.2) is 25.2 Å². The molecule has 0 aliphatic carbocycles. The van der Waals surface area contributed by atoms with E-state index in [4.69, 9.17) is 23.2 Å². The summed E-state index contributed by atoms with van der Waals surface area (Å²) in [5, 5.41) is 2.75. The lowest BCUT2D eigenvalue weighted by atomic mass is 10.1. The molecule has 0 aliphatic heterocycles. The SMILES string of the molecule is O=C(CN(Cc1ccccc1Cl)S(=O)(=O)c1ccc(Cl)cc1)Nc1ccccc1C(F)(F)F. The summed E-state index contributed by atoms with van der Waals surface area (Å²) in [5.41, 5.74) is -1.10. The molecule has 0 atom stereocenters. The molecule has 174 valence electrons. The van der Waals surface area contributed by atoms with Gasteiger partial charge in [0.25, 0.3) is 0 Å². The number of amides is 1. The Hall–Kier alpha value is -2.59. The van der Waals surface area contributed by atoms with E-state index in [9.17, 15) is 26.4 Å². The quantitative estimate of drug-likeness (QED) is 0.428. The number of nitrogens with one attached hydrogen (secondary N) is 1. The van der Waals surface area contributed by atoms with Crippen molar-refractivity contribution in [3.63, 3.8) is 0 Å². The van der Waals surface area contributed by atoms with Gasteiger partial charge in [-0.25, -0.2) is 8.42 Å². The largest absolute Gasteiger partial charge is 0.418 e. The summed E-state index contributed by atoms with van der Waals surface area (Å²) in [6.07, 6.45) is -4.70. The average Bonchev–Trinajstić information content (AvgIpc) is 2.74. The molecule has 0 unspecified atom stereocenters. The van der Waals surface area contributed by atoms with Crippen molar-refractivity contribution in [2.24, 2.45) is 0 Å². The van der Waals surface area contributed by atoms with Crippen molar-refractivity contribution in [2.75, 3.05) is 11.9 Å². The third-order valence-corrected chi connectivity index (χ3v) is 7.01. The monoisotopic (exact) mass is 516 g/mol. The predicted octanol–water partition coefficient (Wildman–Crippen LogP) is 5.84. The Balaban J connectivity index is 1.93. The number of halogens is 5. The van der Waals surface area contributed by atoms with Crippen LogP contribution in [-0.2, 0) is 27.5 Å².